The van der Waals surface area contributed by atoms with Gasteiger partial charge < -0.3 is 16.0 Å². The first-order valence-electron chi connectivity index (χ1n) is 10.1. The number of nitrogen functional groups attached to an aromatic ring is 1. The molecule has 3 aromatic rings. The van der Waals surface area contributed by atoms with E-state index < -0.39 is 11.6 Å². The van der Waals surface area contributed by atoms with Gasteiger partial charge in [-0.2, -0.15) is 0 Å². The van der Waals surface area contributed by atoms with Crippen LogP contribution in [-0.2, 0) is 6.42 Å². The molecule has 3 heterocycles. The molecule has 2 aromatic heterocycles. The third kappa shape index (κ3) is 4.09. The van der Waals surface area contributed by atoms with Gasteiger partial charge in [0.05, 0.1) is 5.69 Å². The van der Waals surface area contributed by atoms with Gasteiger partial charge in [0.25, 0.3) is 5.91 Å². The zero-order valence-electron chi connectivity index (χ0n) is 16.8. The van der Waals surface area contributed by atoms with Crippen LogP contribution < -0.4 is 16.0 Å². The Hall–Kier alpha value is -2.74. The number of rotatable bonds is 5. The predicted molar refractivity (Wildman–Crippen MR) is 117 cm³/mol. The highest BCUT2D eigenvalue weighted by Gasteiger charge is 2.19. The molecule has 0 saturated carbocycles. The second kappa shape index (κ2) is 8.55. The number of benzene rings is 1. The molecule has 4 rings (SSSR count). The third-order valence-corrected chi connectivity index (χ3v) is 6.56. The fraction of sp³-hybridized carbons (Fsp3) is 0.364. The van der Waals surface area contributed by atoms with Crippen LogP contribution in [0.25, 0.3) is 10.2 Å². The van der Waals surface area contributed by atoms with E-state index in [-0.39, 0.29) is 24.4 Å². The first kappa shape index (κ1) is 20.5. The Labute approximate surface area is 177 Å². The normalized spacial score (nSPS) is 14.3. The van der Waals surface area contributed by atoms with Gasteiger partial charge in [0.15, 0.2) is 0 Å². The summed E-state index contributed by atoms with van der Waals surface area (Å²) in [5.74, 6) is -1.52. The van der Waals surface area contributed by atoms with Crippen molar-refractivity contribution >= 4 is 38.8 Å². The molecule has 0 radical (unpaired) electrons. The van der Waals surface area contributed by atoms with Gasteiger partial charge in [0.2, 0.25) is 0 Å². The zero-order chi connectivity index (χ0) is 21.3. The number of carbonyl (C=O) groups is 1. The average Bonchev–Trinajstić information content (AvgIpc) is 3.06. The Morgan fingerprint density at radius 1 is 1.20 bits per heavy atom. The lowest BCUT2D eigenvalue weighted by atomic mass is 10.1. The average molecular weight is 431 g/mol. The van der Waals surface area contributed by atoms with E-state index >= 15 is 0 Å². The van der Waals surface area contributed by atoms with Crippen LogP contribution in [0, 0.1) is 18.6 Å². The summed E-state index contributed by atoms with van der Waals surface area (Å²) >= 11 is 1.21. The quantitative estimate of drug-likeness (QED) is 0.628. The maximum Gasteiger partial charge on any atom is 0.263 e. The molecule has 0 aliphatic carbocycles. The van der Waals surface area contributed by atoms with Gasteiger partial charge in [-0.25, -0.2) is 13.8 Å². The number of nitrogens with two attached hydrogens (primary N) is 1. The van der Waals surface area contributed by atoms with Gasteiger partial charge >= 0.3 is 0 Å². The van der Waals surface area contributed by atoms with E-state index in [9.17, 15) is 13.6 Å². The monoisotopic (exact) mass is 430 g/mol. The summed E-state index contributed by atoms with van der Waals surface area (Å²) < 4.78 is 29.1. The van der Waals surface area contributed by atoms with Gasteiger partial charge in [0, 0.05) is 42.0 Å². The van der Waals surface area contributed by atoms with E-state index in [1.165, 1.54) is 23.5 Å². The molecule has 0 spiro atoms. The molecule has 1 fully saturated rings. The molecule has 8 heteroatoms. The molecular weight excluding hydrogens is 406 g/mol. The molecule has 1 aliphatic heterocycles. The summed E-state index contributed by atoms with van der Waals surface area (Å²) in [5, 5.41) is 3.45. The predicted octanol–water partition coefficient (Wildman–Crippen LogP) is 4.43. The van der Waals surface area contributed by atoms with Crippen LogP contribution in [-0.4, -0.2) is 30.5 Å². The Balaban J connectivity index is 1.43. The smallest absolute Gasteiger partial charge is 0.263 e. The van der Waals surface area contributed by atoms with Crippen LogP contribution in [0.3, 0.4) is 0 Å². The van der Waals surface area contributed by atoms with E-state index in [0.29, 0.717) is 21.1 Å². The van der Waals surface area contributed by atoms with Gasteiger partial charge in [0.1, 0.15) is 21.3 Å². The number of hydrogen-bond donors (Lipinski definition) is 2. The number of aryl methyl sites for hydroxylation is 1. The van der Waals surface area contributed by atoms with Gasteiger partial charge in [-0.15, -0.1) is 11.3 Å². The SMILES string of the molecule is Cc1ccc2c(N)c(C(=O)NCCc3c(F)cc(N4CCCCC4)cc3F)sc2n1. The Morgan fingerprint density at radius 3 is 2.60 bits per heavy atom. The molecule has 30 heavy (non-hydrogen) atoms. The number of thiophene rings is 1. The summed E-state index contributed by atoms with van der Waals surface area (Å²) in [6, 6.07) is 6.47. The molecular formula is C22H24F2N4OS. The van der Waals surface area contributed by atoms with Crippen molar-refractivity contribution in [3.05, 3.63) is 52.0 Å². The minimum absolute atomic E-state index is 0.0161. The largest absolute Gasteiger partial charge is 0.397 e. The first-order chi connectivity index (χ1) is 14.4. The summed E-state index contributed by atoms with van der Waals surface area (Å²) in [5.41, 5.74) is 7.88. The van der Waals surface area contributed by atoms with Crippen molar-refractivity contribution in [2.75, 3.05) is 30.3 Å². The van der Waals surface area contributed by atoms with Gasteiger partial charge in [-0.05, 0) is 56.9 Å². The molecule has 1 aliphatic rings. The highest BCUT2D eigenvalue weighted by molar-refractivity contribution is 7.21. The van der Waals surface area contributed by atoms with Crippen molar-refractivity contribution < 1.29 is 13.6 Å². The second-order valence-electron chi connectivity index (χ2n) is 7.59. The maximum atomic E-state index is 14.5. The molecule has 1 amide bonds. The number of amides is 1. The minimum Gasteiger partial charge on any atom is -0.397 e. The number of hydrogen-bond acceptors (Lipinski definition) is 5. The lowest BCUT2D eigenvalue weighted by molar-refractivity contribution is 0.0958. The topological polar surface area (TPSA) is 71.2 Å². The molecule has 0 bridgehead atoms. The number of nitrogens with zero attached hydrogens (tertiary/aromatic N) is 2. The van der Waals surface area contributed by atoms with Crippen molar-refractivity contribution in [3.8, 4) is 0 Å². The van der Waals surface area contributed by atoms with Crippen LogP contribution in [0.1, 0.15) is 40.2 Å². The van der Waals surface area contributed by atoms with Crippen molar-refractivity contribution in [3.63, 3.8) is 0 Å². The molecule has 158 valence electrons. The van der Waals surface area contributed by atoms with Crippen molar-refractivity contribution in [2.45, 2.75) is 32.6 Å². The minimum atomic E-state index is -0.578. The number of nitrogens with one attached hydrogen (secondary N) is 1. The van der Waals surface area contributed by atoms with Crippen molar-refractivity contribution in [1.82, 2.24) is 10.3 Å². The first-order valence-corrected chi connectivity index (χ1v) is 10.9. The number of anilines is 2. The number of aromatic nitrogens is 1. The Kier molecular flexibility index (Phi) is 5.85. The third-order valence-electron chi connectivity index (χ3n) is 5.45. The number of fused-ring (bicyclic) bond motifs is 1. The molecule has 5 nitrogen and oxygen atoms in total. The van der Waals surface area contributed by atoms with Crippen LogP contribution in [0.4, 0.5) is 20.2 Å². The highest BCUT2D eigenvalue weighted by atomic mass is 32.1. The van der Waals surface area contributed by atoms with Crippen molar-refractivity contribution in [2.24, 2.45) is 0 Å². The Bertz CT molecular complexity index is 1070. The molecule has 1 saturated heterocycles. The molecule has 3 N–H and O–H groups in total. The van der Waals surface area contributed by atoms with E-state index in [4.69, 9.17) is 5.73 Å². The van der Waals surface area contributed by atoms with Gasteiger partial charge in [-0.3, -0.25) is 4.79 Å². The number of piperidine rings is 1. The number of carbonyl (C=O) groups excluding carboxylic acids is 1. The molecule has 0 atom stereocenters. The van der Waals surface area contributed by atoms with Crippen LogP contribution >= 0.6 is 11.3 Å². The second-order valence-corrected chi connectivity index (χ2v) is 8.59. The van der Waals surface area contributed by atoms with E-state index in [2.05, 4.69) is 10.3 Å². The van der Waals surface area contributed by atoms with E-state index in [1.54, 1.807) is 0 Å². The van der Waals surface area contributed by atoms with Crippen LogP contribution in [0.5, 0.6) is 0 Å². The zero-order valence-corrected chi connectivity index (χ0v) is 17.6. The standard InChI is InChI=1S/C22H24F2N4OS/c1-13-5-6-16-19(25)20(30-22(16)27-13)21(29)26-8-7-15-17(23)11-14(12-18(15)24)28-9-3-2-4-10-28/h5-6,11-12H,2-4,7-10,25H2,1H3,(H,26,29). The highest BCUT2D eigenvalue weighted by Crippen LogP contribution is 2.32. The molecule has 0 unspecified atom stereocenters. The lowest BCUT2D eigenvalue weighted by Crippen LogP contribution is -2.30. The van der Waals surface area contributed by atoms with Crippen LogP contribution in [0.15, 0.2) is 24.3 Å². The molecule has 1 aromatic carbocycles. The number of halogens is 2. The van der Waals surface area contributed by atoms with E-state index in [1.807, 2.05) is 24.0 Å². The maximum absolute atomic E-state index is 14.5. The number of pyridine rings is 1. The fourth-order valence-electron chi connectivity index (χ4n) is 3.80. The van der Waals surface area contributed by atoms with Crippen molar-refractivity contribution in [1.29, 1.82) is 0 Å². The van der Waals surface area contributed by atoms with Crippen LogP contribution in [0.2, 0.25) is 0 Å². The summed E-state index contributed by atoms with van der Waals surface area (Å²) in [6.45, 7) is 3.61. The Morgan fingerprint density at radius 2 is 1.90 bits per heavy atom. The van der Waals surface area contributed by atoms with Gasteiger partial charge in [-0.1, -0.05) is 0 Å². The fourth-order valence-corrected chi connectivity index (χ4v) is 4.86. The summed E-state index contributed by atoms with van der Waals surface area (Å²) in [7, 11) is 0. The summed E-state index contributed by atoms with van der Waals surface area (Å²) in [6.07, 6.45) is 3.28. The van der Waals surface area contributed by atoms with E-state index in [0.717, 1.165) is 43.4 Å². The lowest BCUT2D eigenvalue weighted by Gasteiger charge is -2.29. The summed E-state index contributed by atoms with van der Waals surface area (Å²) in [4.78, 5) is 20.0.